The van der Waals surface area contributed by atoms with E-state index in [0.29, 0.717) is 49.2 Å². The summed E-state index contributed by atoms with van der Waals surface area (Å²) >= 11 is 0. The molecule has 214 valence electrons. The summed E-state index contributed by atoms with van der Waals surface area (Å²) in [6.07, 6.45) is 4.61. The van der Waals surface area contributed by atoms with Crippen LogP contribution in [0, 0.1) is 0 Å². The van der Waals surface area contributed by atoms with E-state index in [0.717, 1.165) is 47.8 Å². The molecule has 0 radical (unpaired) electrons. The summed E-state index contributed by atoms with van der Waals surface area (Å²) in [6, 6.07) is 12.1. The van der Waals surface area contributed by atoms with Crippen LogP contribution >= 0.6 is 0 Å². The highest BCUT2D eigenvalue weighted by molar-refractivity contribution is 5.68. The number of H-pyrrole nitrogens is 1. The summed E-state index contributed by atoms with van der Waals surface area (Å²) in [5.74, 6) is 1.40. The zero-order chi connectivity index (χ0) is 28.5. The van der Waals surface area contributed by atoms with Gasteiger partial charge in [-0.2, -0.15) is 4.98 Å². The zero-order valence-corrected chi connectivity index (χ0v) is 23.3. The molecule has 1 saturated heterocycles. The van der Waals surface area contributed by atoms with Crippen LogP contribution in [-0.2, 0) is 18.3 Å². The molecule has 4 aromatic rings. The van der Waals surface area contributed by atoms with Crippen molar-refractivity contribution in [1.82, 2.24) is 29.9 Å². The number of carbonyl (C=O) groups excluding carboxylic acids is 1. The number of aromatic nitrogens is 5. The van der Waals surface area contributed by atoms with E-state index in [2.05, 4.69) is 15.3 Å². The van der Waals surface area contributed by atoms with Crippen molar-refractivity contribution in [3.63, 3.8) is 0 Å². The summed E-state index contributed by atoms with van der Waals surface area (Å²) in [4.78, 5) is 46.3. The van der Waals surface area contributed by atoms with Gasteiger partial charge in [-0.15, -0.1) is 4.68 Å². The molecule has 1 aliphatic heterocycles. The van der Waals surface area contributed by atoms with Gasteiger partial charge in [0.25, 0.3) is 5.56 Å². The molecule has 1 aromatic carbocycles. The minimum atomic E-state index is -0.494. The fourth-order valence-electron chi connectivity index (χ4n) is 5.63. The first kappa shape index (κ1) is 26.9. The molecule has 2 aliphatic rings. The summed E-state index contributed by atoms with van der Waals surface area (Å²) in [6.45, 7) is 4.23. The van der Waals surface area contributed by atoms with Crippen LogP contribution in [0.4, 0.5) is 4.79 Å². The molecule has 41 heavy (non-hydrogen) atoms. The lowest BCUT2D eigenvalue weighted by Gasteiger charge is -2.16. The van der Waals surface area contributed by atoms with Gasteiger partial charge in [-0.3, -0.25) is 4.79 Å². The number of amides is 1. The average molecular weight is 561 g/mol. The fraction of sp³-hybridized carbons (Fsp3) is 0.448. The topological polar surface area (TPSA) is 139 Å². The summed E-state index contributed by atoms with van der Waals surface area (Å²) in [7, 11) is 1.43. The highest BCUT2D eigenvalue weighted by Gasteiger charge is 2.30. The first-order valence-electron chi connectivity index (χ1n) is 14.2. The molecule has 0 spiro atoms. The fourth-order valence-corrected chi connectivity index (χ4v) is 5.63. The summed E-state index contributed by atoms with van der Waals surface area (Å²) < 4.78 is 14.0. The van der Waals surface area contributed by atoms with Crippen molar-refractivity contribution in [2.24, 2.45) is 7.05 Å². The number of ether oxygens (including phenoxy) is 1. The van der Waals surface area contributed by atoms with Crippen LogP contribution in [0.1, 0.15) is 50.6 Å². The predicted molar refractivity (Wildman–Crippen MR) is 150 cm³/mol. The Balaban J connectivity index is 1.19. The molecule has 12 heteroatoms. The van der Waals surface area contributed by atoms with Gasteiger partial charge in [-0.05, 0) is 56.7 Å². The second kappa shape index (κ2) is 11.3. The molecule has 2 fully saturated rings. The van der Waals surface area contributed by atoms with E-state index in [4.69, 9.17) is 14.3 Å². The highest BCUT2D eigenvalue weighted by Crippen LogP contribution is 2.29. The normalized spacial score (nSPS) is 17.5. The van der Waals surface area contributed by atoms with Crippen molar-refractivity contribution >= 4 is 17.3 Å². The average Bonchev–Trinajstić information content (AvgIpc) is 3.77. The summed E-state index contributed by atoms with van der Waals surface area (Å²) in [5.41, 5.74) is 1.56. The van der Waals surface area contributed by atoms with Gasteiger partial charge in [0.1, 0.15) is 11.8 Å². The predicted octanol–water partition coefficient (Wildman–Crippen LogP) is 2.67. The third kappa shape index (κ3) is 5.39. The lowest BCUT2D eigenvalue weighted by molar-refractivity contribution is -0.754. The molecule has 0 bridgehead atoms. The number of hydrogen-bond acceptors (Lipinski definition) is 8. The van der Waals surface area contributed by atoms with E-state index in [1.807, 2.05) is 37.3 Å². The van der Waals surface area contributed by atoms with Gasteiger partial charge in [-0.1, -0.05) is 29.4 Å². The molecule has 1 aliphatic carbocycles. The van der Waals surface area contributed by atoms with Crippen molar-refractivity contribution < 1.29 is 18.6 Å². The number of likely N-dealkylation sites (tertiary alicyclic amines) is 1. The first-order valence-corrected chi connectivity index (χ1v) is 14.2. The van der Waals surface area contributed by atoms with E-state index in [9.17, 15) is 14.4 Å². The van der Waals surface area contributed by atoms with Gasteiger partial charge in [0.2, 0.25) is 11.3 Å². The SMILES string of the molecule is CCOC(=O)N1CCC(NCc2ccc(-c3ccc(-c4nc5c(=O)n(C)c(=O)[nH]c5[n+](C5CCCC5)n4)o3)cc2)C1. The van der Waals surface area contributed by atoms with Gasteiger partial charge in [0.05, 0.1) is 6.61 Å². The number of aromatic amines is 1. The Labute approximate surface area is 236 Å². The van der Waals surface area contributed by atoms with Crippen LogP contribution in [-0.4, -0.2) is 56.4 Å². The van der Waals surface area contributed by atoms with Crippen molar-refractivity contribution in [3.05, 3.63) is 62.8 Å². The van der Waals surface area contributed by atoms with Crippen molar-refractivity contribution in [2.75, 3.05) is 19.7 Å². The van der Waals surface area contributed by atoms with E-state index >= 15 is 0 Å². The van der Waals surface area contributed by atoms with Crippen LogP contribution in [0.3, 0.4) is 0 Å². The van der Waals surface area contributed by atoms with E-state index in [1.165, 1.54) is 7.05 Å². The molecule has 1 saturated carbocycles. The van der Waals surface area contributed by atoms with Crippen LogP contribution < -0.4 is 21.2 Å². The second-order valence-electron chi connectivity index (χ2n) is 10.7. The van der Waals surface area contributed by atoms with E-state index < -0.39 is 11.2 Å². The smallest absolute Gasteiger partial charge is 0.416 e. The summed E-state index contributed by atoms with van der Waals surface area (Å²) in [5, 5.41) is 8.25. The maximum atomic E-state index is 12.9. The minimum absolute atomic E-state index is 0.0788. The molecule has 12 nitrogen and oxygen atoms in total. The van der Waals surface area contributed by atoms with Gasteiger partial charge in [-0.25, -0.2) is 19.1 Å². The number of nitrogens with zero attached hydrogens (tertiary/aromatic N) is 5. The van der Waals surface area contributed by atoms with Gasteiger partial charge >= 0.3 is 17.4 Å². The Hall–Kier alpha value is -4.32. The number of fused-ring (bicyclic) bond motifs is 1. The molecule has 1 unspecified atom stereocenters. The third-order valence-electron chi connectivity index (χ3n) is 7.96. The van der Waals surface area contributed by atoms with E-state index in [1.54, 1.807) is 15.6 Å². The molecule has 4 heterocycles. The first-order chi connectivity index (χ1) is 19.9. The molecule has 1 amide bonds. The van der Waals surface area contributed by atoms with Crippen molar-refractivity contribution in [3.8, 4) is 22.9 Å². The number of benzene rings is 1. The Morgan fingerprint density at radius 3 is 2.63 bits per heavy atom. The van der Waals surface area contributed by atoms with Gasteiger partial charge in [0.15, 0.2) is 5.76 Å². The molecule has 1 atom stereocenters. The largest absolute Gasteiger partial charge is 0.453 e. The Morgan fingerprint density at radius 1 is 1.12 bits per heavy atom. The van der Waals surface area contributed by atoms with Crippen LogP contribution in [0.5, 0.6) is 0 Å². The maximum Gasteiger partial charge on any atom is 0.416 e. The monoisotopic (exact) mass is 560 g/mol. The standard InChI is InChI=1S/C29H33N7O5/c1-3-40-29(39)35-15-14-20(17-35)30-16-18-8-10-19(11-9-18)22-12-13-23(41-22)25-31-24-26(32-28(38)34(2)27(24)37)36(33-25)21-6-4-5-7-21/h8-13,20-21,30H,3-7,14-17H2,1-2H3/p+1. The van der Waals surface area contributed by atoms with Crippen molar-refractivity contribution in [1.29, 1.82) is 0 Å². The van der Waals surface area contributed by atoms with Crippen LogP contribution in [0.2, 0.25) is 0 Å². The molecular formula is C29H34N7O5+. The lowest BCUT2D eigenvalue weighted by Crippen LogP contribution is -2.47. The van der Waals surface area contributed by atoms with Crippen LogP contribution in [0.15, 0.2) is 50.4 Å². The molecule has 6 rings (SSSR count). The van der Waals surface area contributed by atoms with Gasteiger partial charge in [0, 0.05) is 38.3 Å². The second-order valence-corrected chi connectivity index (χ2v) is 10.7. The number of nitrogens with one attached hydrogen (secondary N) is 2. The minimum Gasteiger partial charge on any atom is -0.453 e. The lowest BCUT2D eigenvalue weighted by atomic mass is 10.1. The molecule has 3 aromatic heterocycles. The number of furan rings is 1. The molecule has 2 N–H and O–H groups in total. The number of carbonyl (C=O) groups is 1. The number of hydrogen-bond donors (Lipinski definition) is 2. The molecular weight excluding hydrogens is 526 g/mol. The van der Waals surface area contributed by atoms with E-state index in [-0.39, 0.29) is 23.7 Å². The highest BCUT2D eigenvalue weighted by atomic mass is 16.6. The van der Waals surface area contributed by atoms with Crippen molar-refractivity contribution in [2.45, 2.75) is 57.7 Å². The Bertz CT molecular complexity index is 1680. The Morgan fingerprint density at radius 2 is 1.88 bits per heavy atom. The van der Waals surface area contributed by atoms with Crippen LogP contribution in [0.25, 0.3) is 34.1 Å². The number of rotatable bonds is 7. The maximum absolute atomic E-state index is 12.9. The van der Waals surface area contributed by atoms with Gasteiger partial charge < -0.3 is 19.4 Å². The zero-order valence-electron chi connectivity index (χ0n) is 23.3. The third-order valence-corrected chi connectivity index (χ3v) is 7.96. The quantitative estimate of drug-likeness (QED) is 0.329. The Kier molecular flexibility index (Phi) is 7.39.